The van der Waals surface area contributed by atoms with Gasteiger partial charge < -0.3 is 10.3 Å². The third-order valence-electron chi connectivity index (χ3n) is 2.78. The van der Waals surface area contributed by atoms with Crippen LogP contribution < -0.4 is 10.9 Å². The molecule has 2 rings (SSSR count). The van der Waals surface area contributed by atoms with Gasteiger partial charge in [-0.1, -0.05) is 39.0 Å². The number of hydrogen-bond acceptors (Lipinski definition) is 3. The van der Waals surface area contributed by atoms with E-state index in [1.54, 1.807) is 0 Å². The summed E-state index contributed by atoms with van der Waals surface area (Å²) in [6, 6.07) is 8.07. The molecule has 0 bridgehead atoms. The van der Waals surface area contributed by atoms with Gasteiger partial charge in [-0.15, -0.1) is 0 Å². The molecule has 0 spiro atoms. The number of aromatic nitrogens is 2. The Hall–Kier alpha value is -1.37. The van der Waals surface area contributed by atoms with Crippen molar-refractivity contribution in [1.29, 1.82) is 0 Å². The van der Waals surface area contributed by atoms with Crippen molar-refractivity contribution >= 4 is 34.1 Å². The number of anilines is 2. The summed E-state index contributed by atoms with van der Waals surface area (Å²) in [7, 11) is 0. The summed E-state index contributed by atoms with van der Waals surface area (Å²) in [5.41, 5.74) is 2.06. The van der Waals surface area contributed by atoms with Crippen molar-refractivity contribution in [2.75, 3.05) is 5.32 Å². The molecule has 0 fully saturated rings. The van der Waals surface area contributed by atoms with Crippen LogP contribution in [0.2, 0.25) is 0 Å². The minimum atomic E-state index is -0.133. The second-order valence-corrected chi connectivity index (χ2v) is 6.39. The quantitative estimate of drug-likeness (QED) is 0.798. The summed E-state index contributed by atoms with van der Waals surface area (Å²) < 4.78 is 0.559. The van der Waals surface area contributed by atoms with Crippen LogP contribution in [0.3, 0.4) is 0 Å². The molecule has 0 atom stereocenters. The van der Waals surface area contributed by atoms with Crippen LogP contribution in [0.15, 0.2) is 35.4 Å². The average molecular weight is 369 g/mol. The number of aromatic amines is 1. The Kier molecular flexibility index (Phi) is 3.93. The molecule has 1 aromatic carbocycles. The Morgan fingerprint density at radius 2 is 1.95 bits per heavy atom. The largest absolute Gasteiger partial charge is 0.339 e. The molecule has 0 unspecified atom stereocenters. The maximum Gasteiger partial charge on any atom is 0.266 e. The summed E-state index contributed by atoms with van der Waals surface area (Å²) in [5.74, 6) is 0.584. The van der Waals surface area contributed by atoms with E-state index in [0.717, 1.165) is 5.69 Å². The molecule has 0 aliphatic heterocycles. The van der Waals surface area contributed by atoms with Crippen molar-refractivity contribution in [2.24, 2.45) is 0 Å². The number of rotatable bonds is 2. The molecule has 19 heavy (non-hydrogen) atoms. The van der Waals surface area contributed by atoms with Crippen LogP contribution >= 0.6 is 22.6 Å². The van der Waals surface area contributed by atoms with Gasteiger partial charge in [0, 0.05) is 5.69 Å². The molecule has 1 heterocycles. The van der Waals surface area contributed by atoms with E-state index < -0.39 is 0 Å². The molecule has 100 valence electrons. The van der Waals surface area contributed by atoms with Crippen molar-refractivity contribution in [3.8, 4) is 0 Å². The van der Waals surface area contributed by atoms with E-state index in [1.807, 2.05) is 40.8 Å². The second kappa shape index (κ2) is 5.32. The molecule has 1 aromatic heterocycles. The number of halogens is 1. The fourth-order valence-electron chi connectivity index (χ4n) is 1.84. The van der Waals surface area contributed by atoms with Crippen LogP contribution in [0, 0.1) is 3.57 Å². The summed E-state index contributed by atoms with van der Waals surface area (Å²) in [4.78, 5) is 18.3. The van der Waals surface area contributed by atoms with E-state index in [2.05, 4.69) is 42.1 Å². The number of para-hydroxylation sites is 1. The van der Waals surface area contributed by atoms with E-state index in [-0.39, 0.29) is 11.0 Å². The lowest BCUT2D eigenvalue weighted by atomic mass is 9.86. The van der Waals surface area contributed by atoms with Gasteiger partial charge in [0.15, 0.2) is 5.82 Å². The first-order valence-electron chi connectivity index (χ1n) is 5.99. The lowest BCUT2D eigenvalue weighted by molar-refractivity contribution is 0.592. The van der Waals surface area contributed by atoms with E-state index in [9.17, 15) is 4.79 Å². The number of H-pyrrole nitrogens is 1. The Labute approximate surface area is 125 Å². The molecule has 0 aliphatic rings. The highest BCUT2D eigenvalue weighted by Crippen LogP contribution is 2.31. The molecule has 4 nitrogen and oxygen atoms in total. The Morgan fingerprint density at radius 3 is 2.63 bits per heavy atom. The van der Waals surface area contributed by atoms with Crippen molar-refractivity contribution in [3.05, 3.63) is 50.1 Å². The molecule has 0 aliphatic carbocycles. The van der Waals surface area contributed by atoms with Gasteiger partial charge in [-0.3, -0.25) is 4.79 Å². The standard InChI is InChI=1S/C14H16IN3O/c1-14(2,3)9-6-4-5-7-10(9)18-12-11(15)13(19)17-8-16-12/h4-8H,1-3H3,(H2,16,17,18,19). The molecule has 2 aromatic rings. The lowest BCUT2D eigenvalue weighted by Crippen LogP contribution is -2.16. The highest BCUT2D eigenvalue weighted by atomic mass is 127. The monoisotopic (exact) mass is 369 g/mol. The summed E-state index contributed by atoms with van der Waals surface area (Å²) in [6.45, 7) is 6.47. The van der Waals surface area contributed by atoms with Crippen molar-refractivity contribution in [3.63, 3.8) is 0 Å². The molecule has 0 saturated heterocycles. The van der Waals surface area contributed by atoms with Crippen molar-refractivity contribution in [2.45, 2.75) is 26.2 Å². The fraction of sp³-hybridized carbons (Fsp3) is 0.286. The molecule has 5 heteroatoms. The van der Waals surface area contributed by atoms with Gasteiger partial charge >= 0.3 is 0 Å². The minimum absolute atomic E-state index is 0.0240. The van der Waals surface area contributed by atoms with Crippen molar-refractivity contribution in [1.82, 2.24) is 9.97 Å². The molecule has 0 saturated carbocycles. The van der Waals surface area contributed by atoms with Gasteiger partial charge in [0.2, 0.25) is 0 Å². The highest BCUT2D eigenvalue weighted by molar-refractivity contribution is 14.1. The van der Waals surface area contributed by atoms with Gasteiger partial charge in [0.1, 0.15) is 3.57 Å². The van der Waals surface area contributed by atoms with E-state index in [0.29, 0.717) is 9.39 Å². The van der Waals surface area contributed by atoms with E-state index in [4.69, 9.17) is 0 Å². The summed E-state index contributed by atoms with van der Waals surface area (Å²) >= 11 is 2.00. The van der Waals surface area contributed by atoms with Crippen LogP contribution in [0.5, 0.6) is 0 Å². The predicted octanol–water partition coefficient (Wildman–Crippen LogP) is 3.42. The fourth-order valence-corrected chi connectivity index (χ4v) is 2.27. The zero-order chi connectivity index (χ0) is 14.0. The molecule has 2 N–H and O–H groups in total. The van der Waals surface area contributed by atoms with Gasteiger partial charge in [-0.05, 0) is 39.6 Å². The zero-order valence-corrected chi connectivity index (χ0v) is 13.3. The smallest absolute Gasteiger partial charge is 0.266 e. The molecule has 0 radical (unpaired) electrons. The van der Waals surface area contributed by atoms with Gasteiger partial charge in [0.25, 0.3) is 5.56 Å². The third kappa shape index (κ3) is 3.15. The van der Waals surface area contributed by atoms with Crippen LogP contribution in [0.4, 0.5) is 11.5 Å². The minimum Gasteiger partial charge on any atom is -0.339 e. The first-order valence-corrected chi connectivity index (χ1v) is 7.07. The number of nitrogens with one attached hydrogen (secondary N) is 2. The average Bonchev–Trinajstić information content (AvgIpc) is 2.34. The number of nitrogens with zero attached hydrogens (tertiary/aromatic N) is 1. The van der Waals surface area contributed by atoms with E-state index >= 15 is 0 Å². The summed E-state index contributed by atoms with van der Waals surface area (Å²) in [6.07, 6.45) is 1.41. The second-order valence-electron chi connectivity index (χ2n) is 5.31. The van der Waals surface area contributed by atoms with Crippen LogP contribution in [0.1, 0.15) is 26.3 Å². The van der Waals surface area contributed by atoms with E-state index in [1.165, 1.54) is 11.9 Å². The first kappa shape index (κ1) is 14.0. The molecule has 0 amide bonds. The van der Waals surface area contributed by atoms with Gasteiger partial charge in [-0.25, -0.2) is 4.98 Å². The van der Waals surface area contributed by atoms with Crippen LogP contribution in [0.25, 0.3) is 0 Å². The normalized spacial score (nSPS) is 11.4. The number of benzene rings is 1. The predicted molar refractivity (Wildman–Crippen MR) is 86.0 cm³/mol. The van der Waals surface area contributed by atoms with Gasteiger partial charge in [-0.2, -0.15) is 0 Å². The Morgan fingerprint density at radius 1 is 1.26 bits per heavy atom. The molecular formula is C14H16IN3O. The maximum atomic E-state index is 11.6. The van der Waals surface area contributed by atoms with Crippen molar-refractivity contribution < 1.29 is 0 Å². The SMILES string of the molecule is CC(C)(C)c1ccccc1Nc1nc[nH]c(=O)c1I. The number of hydrogen-bond donors (Lipinski definition) is 2. The third-order valence-corrected chi connectivity index (χ3v) is 3.79. The zero-order valence-electron chi connectivity index (χ0n) is 11.1. The highest BCUT2D eigenvalue weighted by Gasteiger charge is 2.18. The lowest BCUT2D eigenvalue weighted by Gasteiger charge is -2.23. The Balaban J connectivity index is 2.45. The van der Waals surface area contributed by atoms with Crippen LogP contribution in [-0.4, -0.2) is 9.97 Å². The molecular weight excluding hydrogens is 353 g/mol. The Bertz CT molecular complexity index is 644. The van der Waals surface area contributed by atoms with Gasteiger partial charge in [0.05, 0.1) is 6.33 Å². The maximum absolute atomic E-state index is 11.6. The van der Waals surface area contributed by atoms with Crippen LogP contribution in [-0.2, 0) is 5.41 Å². The summed E-state index contributed by atoms with van der Waals surface area (Å²) in [5, 5.41) is 3.25. The topological polar surface area (TPSA) is 57.8 Å². The first-order chi connectivity index (χ1) is 8.89.